The molecule has 5 nitrogen and oxygen atoms in total. The van der Waals surface area contributed by atoms with E-state index in [4.69, 9.17) is 15.2 Å². The van der Waals surface area contributed by atoms with Crippen molar-refractivity contribution in [3.8, 4) is 0 Å². The molecule has 2 N–H and O–H groups in total. The zero-order chi connectivity index (χ0) is 13.5. The lowest BCUT2D eigenvalue weighted by Gasteiger charge is -2.40. The third kappa shape index (κ3) is 2.95. The first kappa shape index (κ1) is 13.6. The summed E-state index contributed by atoms with van der Waals surface area (Å²) in [6.07, 6.45) is 0.754. The van der Waals surface area contributed by atoms with E-state index in [1.807, 2.05) is 27.7 Å². The molecule has 0 radical (unpaired) electrons. The summed E-state index contributed by atoms with van der Waals surface area (Å²) in [4.78, 5) is 14.0. The van der Waals surface area contributed by atoms with Crippen LogP contribution in [0.2, 0.25) is 0 Å². The van der Waals surface area contributed by atoms with Crippen LogP contribution >= 0.6 is 0 Å². The molecule has 0 aromatic carbocycles. The van der Waals surface area contributed by atoms with E-state index in [2.05, 4.69) is 0 Å². The monoisotopic (exact) mass is 256 g/mol. The van der Waals surface area contributed by atoms with Gasteiger partial charge in [-0.05, 0) is 40.0 Å². The lowest BCUT2D eigenvalue weighted by atomic mass is 10.0. The molecular weight excluding hydrogens is 232 g/mol. The number of rotatable bonds is 1. The summed E-state index contributed by atoms with van der Waals surface area (Å²) >= 11 is 0. The van der Waals surface area contributed by atoms with Gasteiger partial charge in [-0.25, -0.2) is 4.79 Å². The summed E-state index contributed by atoms with van der Waals surface area (Å²) in [5.41, 5.74) is 5.45. The third-order valence-electron chi connectivity index (χ3n) is 3.51. The quantitative estimate of drug-likeness (QED) is 0.769. The number of amides is 1. The van der Waals surface area contributed by atoms with Crippen LogP contribution in [0.15, 0.2) is 0 Å². The first-order valence-corrected chi connectivity index (χ1v) is 6.66. The van der Waals surface area contributed by atoms with E-state index >= 15 is 0 Å². The number of hydrogen-bond donors (Lipinski definition) is 1. The van der Waals surface area contributed by atoms with Crippen LogP contribution in [0.25, 0.3) is 0 Å². The van der Waals surface area contributed by atoms with Crippen LogP contribution in [0, 0.1) is 5.92 Å². The Labute approximate surface area is 109 Å². The molecule has 4 atom stereocenters. The summed E-state index contributed by atoms with van der Waals surface area (Å²) in [6, 6.07) is 0.257. The molecule has 0 spiro atoms. The summed E-state index contributed by atoms with van der Waals surface area (Å²) in [6.45, 7) is 8.81. The van der Waals surface area contributed by atoms with Crippen molar-refractivity contribution < 1.29 is 14.3 Å². The van der Waals surface area contributed by atoms with Gasteiger partial charge < -0.3 is 15.2 Å². The molecule has 0 bridgehead atoms. The first-order valence-electron chi connectivity index (χ1n) is 6.66. The highest BCUT2D eigenvalue weighted by Crippen LogP contribution is 2.38. The maximum absolute atomic E-state index is 12.2. The van der Waals surface area contributed by atoms with E-state index < -0.39 is 5.60 Å². The highest BCUT2D eigenvalue weighted by Gasteiger charge is 2.49. The molecule has 1 aliphatic heterocycles. The molecule has 1 saturated heterocycles. The Morgan fingerprint density at radius 2 is 2.06 bits per heavy atom. The minimum absolute atomic E-state index is 0.0322. The van der Waals surface area contributed by atoms with Gasteiger partial charge in [-0.1, -0.05) is 0 Å². The predicted molar refractivity (Wildman–Crippen MR) is 68.2 cm³/mol. The molecule has 0 aromatic rings. The number of morpholine rings is 1. The molecule has 1 saturated carbocycles. The normalized spacial score (nSPS) is 36.4. The Morgan fingerprint density at radius 3 is 2.56 bits per heavy atom. The molecule has 18 heavy (non-hydrogen) atoms. The number of nitrogens with two attached hydrogens (primary N) is 1. The zero-order valence-electron chi connectivity index (χ0n) is 11.7. The highest BCUT2D eigenvalue weighted by atomic mass is 16.6. The lowest BCUT2D eigenvalue weighted by Crippen LogP contribution is -2.55. The number of ether oxygens (including phenoxy) is 2. The molecule has 1 unspecified atom stereocenters. The molecule has 1 heterocycles. The van der Waals surface area contributed by atoms with Crippen LogP contribution in [-0.2, 0) is 9.47 Å². The minimum atomic E-state index is -0.463. The Bertz CT molecular complexity index is 325. The smallest absolute Gasteiger partial charge is 0.410 e. The summed E-state index contributed by atoms with van der Waals surface area (Å²) in [7, 11) is 0. The largest absolute Gasteiger partial charge is 0.444 e. The Balaban J connectivity index is 2.06. The first-order chi connectivity index (χ1) is 8.29. The zero-order valence-corrected chi connectivity index (χ0v) is 11.7. The van der Waals surface area contributed by atoms with Crippen molar-refractivity contribution in [3.63, 3.8) is 0 Å². The molecule has 0 aromatic heterocycles. The molecule has 2 aliphatic rings. The van der Waals surface area contributed by atoms with E-state index in [-0.39, 0.29) is 24.3 Å². The van der Waals surface area contributed by atoms with Gasteiger partial charge in [0.15, 0.2) is 0 Å². The molecule has 104 valence electrons. The van der Waals surface area contributed by atoms with Crippen molar-refractivity contribution in [2.24, 2.45) is 11.7 Å². The second kappa shape index (κ2) is 4.70. The molecule has 5 heteroatoms. The van der Waals surface area contributed by atoms with Gasteiger partial charge in [-0.3, -0.25) is 4.90 Å². The Hall–Kier alpha value is -0.810. The molecule has 1 amide bonds. The van der Waals surface area contributed by atoms with Gasteiger partial charge in [0.1, 0.15) is 5.60 Å². The van der Waals surface area contributed by atoms with Crippen molar-refractivity contribution in [2.45, 2.75) is 57.9 Å². The van der Waals surface area contributed by atoms with Crippen LogP contribution in [0.4, 0.5) is 4.79 Å². The van der Waals surface area contributed by atoms with Gasteiger partial charge in [-0.15, -0.1) is 0 Å². The van der Waals surface area contributed by atoms with E-state index in [0.29, 0.717) is 19.1 Å². The van der Waals surface area contributed by atoms with Crippen molar-refractivity contribution in [2.75, 3.05) is 13.2 Å². The molecule has 1 aliphatic carbocycles. The fraction of sp³-hybridized carbons (Fsp3) is 0.923. The number of nitrogens with zero attached hydrogens (tertiary/aromatic N) is 1. The van der Waals surface area contributed by atoms with E-state index in [1.165, 1.54) is 0 Å². The van der Waals surface area contributed by atoms with Crippen LogP contribution in [-0.4, -0.2) is 47.9 Å². The average molecular weight is 256 g/mol. The van der Waals surface area contributed by atoms with Crippen molar-refractivity contribution in [3.05, 3.63) is 0 Å². The average Bonchev–Trinajstić information content (AvgIpc) is 2.92. The molecule has 2 rings (SSSR count). The van der Waals surface area contributed by atoms with Crippen molar-refractivity contribution in [1.82, 2.24) is 4.90 Å². The van der Waals surface area contributed by atoms with Gasteiger partial charge in [0, 0.05) is 12.6 Å². The van der Waals surface area contributed by atoms with Gasteiger partial charge in [0.2, 0.25) is 0 Å². The van der Waals surface area contributed by atoms with Crippen LogP contribution in [0.3, 0.4) is 0 Å². The summed E-state index contributed by atoms with van der Waals surface area (Å²) in [5.74, 6) is 0.354. The predicted octanol–water partition coefficient (Wildman–Crippen LogP) is 1.36. The van der Waals surface area contributed by atoms with E-state index in [0.717, 1.165) is 6.42 Å². The van der Waals surface area contributed by atoms with Crippen molar-refractivity contribution in [1.29, 1.82) is 0 Å². The topological polar surface area (TPSA) is 64.8 Å². The summed E-state index contributed by atoms with van der Waals surface area (Å²) < 4.78 is 11.1. The van der Waals surface area contributed by atoms with Crippen LogP contribution in [0.5, 0.6) is 0 Å². The van der Waals surface area contributed by atoms with Gasteiger partial charge in [0.25, 0.3) is 0 Å². The number of carbonyl (C=O) groups excluding carboxylic acids is 1. The standard InChI is InChI=1S/C13H24N2O3/c1-8-11(9-7-10(9)14)15(5-6-17-8)12(16)18-13(2,3)4/h8-11H,5-7,14H2,1-4H3/t8-,9-,10-,11?/m1/s1. The fourth-order valence-electron chi connectivity index (χ4n) is 2.58. The maximum Gasteiger partial charge on any atom is 0.410 e. The van der Waals surface area contributed by atoms with E-state index in [1.54, 1.807) is 4.90 Å². The summed E-state index contributed by atoms with van der Waals surface area (Å²) in [5, 5.41) is 0. The minimum Gasteiger partial charge on any atom is -0.444 e. The second-order valence-electron chi connectivity index (χ2n) is 6.30. The third-order valence-corrected chi connectivity index (χ3v) is 3.51. The Morgan fingerprint density at radius 1 is 1.44 bits per heavy atom. The van der Waals surface area contributed by atoms with Crippen LogP contribution < -0.4 is 5.73 Å². The fourth-order valence-corrected chi connectivity index (χ4v) is 2.58. The van der Waals surface area contributed by atoms with Crippen molar-refractivity contribution >= 4 is 6.09 Å². The SMILES string of the molecule is C[C@H]1OCCN(C(=O)OC(C)(C)C)C1[C@@H]1C[C@H]1N. The number of carbonyl (C=O) groups is 1. The molecule has 2 fully saturated rings. The maximum atomic E-state index is 12.2. The van der Waals surface area contributed by atoms with Crippen LogP contribution in [0.1, 0.15) is 34.1 Å². The highest BCUT2D eigenvalue weighted by molar-refractivity contribution is 5.69. The second-order valence-corrected chi connectivity index (χ2v) is 6.30. The van der Waals surface area contributed by atoms with Gasteiger partial charge in [-0.2, -0.15) is 0 Å². The van der Waals surface area contributed by atoms with E-state index in [9.17, 15) is 4.79 Å². The van der Waals surface area contributed by atoms with Gasteiger partial charge in [0.05, 0.1) is 18.8 Å². The lowest BCUT2D eigenvalue weighted by molar-refractivity contribution is -0.0747. The molecular formula is C13H24N2O3. The van der Waals surface area contributed by atoms with Gasteiger partial charge >= 0.3 is 6.09 Å². The number of hydrogen-bond acceptors (Lipinski definition) is 4. The Kier molecular flexibility index (Phi) is 3.56.